The van der Waals surface area contributed by atoms with Crippen LogP contribution < -0.4 is 5.32 Å². The summed E-state index contributed by atoms with van der Waals surface area (Å²) >= 11 is 0. The number of hydrogen-bond donors (Lipinski definition) is 1. The van der Waals surface area contributed by atoms with E-state index in [2.05, 4.69) is 57.8 Å². The molecule has 0 bridgehead atoms. The molecule has 1 atom stereocenters. The van der Waals surface area contributed by atoms with Gasteiger partial charge < -0.3 is 10.2 Å². The van der Waals surface area contributed by atoms with Gasteiger partial charge in [0.15, 0.2) is 5.96 Å². The Bertz CT molecular complexity index is 942. The van der Waals surface area contributed by atoms with Gasteiger partial charge in [0.25, 0.3) is 0 Å². The summed E-state index contributed by atoms with van der Waals surface area (Å²) in [6.45, 7) is 5.73. The fraction of sp³-hybridized carbons (Fsp3) is 0.409. The maximum absolute atomic E-state index is 4.92. The lowest BCUT2D eigenvalue weighted by molar-refractivity contribution is 0.460. The molecule has 1 fully saturated rings. The fourth-order valence-electron chi connectivity index (χ4n) is 3.91. The Morgan fingerprint density at radius 1 is 1.24 bits per heavy atom. The van der Waals surface area contributed by atoms with E-state index in [1.807, 2.05) is 34.9 Å². The highest BCUT2D eigenvalue weighted by atomic mass is 15.3. The Labute approximate surface area is 172 Å². The molecule has 1 N–H and O–H groups in total. The van der Waals surface area contributed by atoms with Crippen molar-refractivity contribution in [2.24, 2.45) is 18.0 Å². The molecule has 152 valence electrons. The molecular formula is C22H29N7. The minimum Gasteiger partial charge on any atom is -0.357 e. The van der Waals surface area contributed by atoms with Gasteiger partial charge in [-0.25, -0.2) is 9.67 Å². The van der Waals surface area contributed by atoms with E-state index in [1.165, 1.54) is 17.5 Å². The van der Waals surface area contributed by atoms with Gasteiger partial charge in [-0.15, -0.1) is 0 Å². The van der Waals surface area contributed by atoms with E-state index in [1.54, 1.807) is 6.20 Å². The molecule has 0 aliphatic carbocycles. The smallest absolute Gasteiger partial charge is 0.194 e. The van der Waals surface area contributed by atoms with Gasteiger partial charge in [-0.2, -0.15) is 10.2 Å². The van der Waals surface area contributed by atoms with Crippen molar-refractivity contribution in [2.75, 3.05) is 19.6 Å². The third-order valence-electron chi connectivity index (χ3n) is 5.29. The topological polar surface area (TPSA) is 63.3 Å². The number of benzene rings is 1. The standard InChI is InChI=1S/C22H29N7/c1-3-23-22(28-11-8-19(17-28)12-20-15-26-27(2)16-20)24-14-18-6-4-7-21(13-18)29-10-5-9-25-29/h4-7,9-10,13,15-16,19H,3,8,11-12,14,17H2,1-2H3,(H,23,24). The molecule has 7 nitrogen and oxygen atoms in total. The number of aromatic nitrogens is 4. The summed E-state index contributed by atoms with van der Waals surface area (Å²) in [6, 6.07) is 10.3. The van der Waals surface area contributed by atoms with E-state index in [4.69, 9.17) is 4.99 Å². The highest BCUT2D eigenvalue weighted by Crippen LogP contribution is 2.21. The van der Waals surface area contributed by atoms with Crippen LogP contribution in [0.2, 0.25) is 0 Å². The zero-order chi connectivity index (χ0) is 20.1. The average molecular weight is 392 g/mol. The zero-order valence-electron chi connectivity index (χ0n) is 17.2. The van der Waals surface area contributed by atoms with E-state index in [0.29, 0.717) is 12.5 Å². The van der Waals surface area contributed by atoms with Gasteiger partial charge in [0.2, 0.25) is 0 Å². The van der Waals surface area contributed by atoms with Crippen LogP contribution >= 0.6 is 0 Å². The summed E-state index contributed by atoms with van der Waals surface area (Å²) in [4.78, 5) is 7.31. The summed E-state index contributed by atoms with van der Waals surface area (Å²) in [6.07, 6.45) is 10.1. The van der Waals surface area contributed by atoms with Crippen molar-refractivity contribution in [3.05, 3.63) is 66.2 Å². The average Bonchev–Trinajstić information content (AvgIpc) is 3.48. The van der Waals surface area contributed by atoms with Crippen molar-refractivity contribution >= 4 is 5.96 Å². The Hall–Kier alpha value is -3.09. The second-order valence-electron chi connectivity index (χ2n) is 7.62. The van der Waals surface area contributed by atoms with E-state index < -0.39 is 0 Å². The predicted molar refractivity (Wildman–Crippen MR) is 115 cm³/mol. The molecule has 0 saturated carbocycles. The second-order valence-corrected chi connectivity index (χ2v) is 7.62. The summed E-state index contributed by atoms with van der Waals surface area (Å²) in [5, 5.41) is 12.1. The van der Waals surface area contributed by atoms with Crippen molar-refractivity contribution in [3.63, 3.8) is 0 Å². The first-order valence-corrected chi connectivity index (χ1v) is 10.3. The molecule has 1 saturated heterocycles. The fourth-order valence-corrected chi connectivity index (χ4v) is 3.91. The van der Waals surface area contributed by atoms with Gasteiger partial charge in [0.1, 0.15) is 0 Å². The van der Waals surface area contributed by atoms with Crippen molar-refractivity contribution in [3.8, 4) is 5.69 Å². The number of nitrogens with zero attached hydrogens (tertiary/aromatic N) is 6. The third kappa shape index (κ3) is 4.85. The quantitative estimate of drug-likeness (QED) is 0.518. The molecule has 29 heavy (non-hydrogen) atoms. The highest BCUT2D eigenvalue weighted by molar-refractivity contribution is 5.80. The molecule has 7 heteroatoms. The van der Waals surface area contributed by atoms with E-state index >= 15 is 0 Å². The first kappa shape index (κ1) is 19.2. The Balaban J connectivity index is 1.41. The van der Waals surface area contributed by atoms with Crippen LogP contribution in [0.15, 0.2) is 60.1 Å². The summed E-state index contributed by atoms with van der Waals surface area (Å²) in [5.41, 5.74) is 3.56. The largest absolute Gasteiger partial charge is 0.357 e. The SMILES string of the molecule is CCNC(=NCc1cccc(-n2cccn2)c1)N1CCC(Cc2cnn(C)c2)C1. The van der Waals surface area contributed by atoms with E-state index in [-0.39, 0.29) is 0 Å². The van der Waals surface area contributed by atoms with Crippen LogP contribution in [0.1, 0.15) is 24.5 Å². The number of aliphatic imine (C=N–C) groups is 1. The Morgan fingerprint density at radius 2 is 2.17 bits per heavy atom. The van der Waals surface area contributed by atoms with Crippen LogP contribution in [-0.4, -0.2) is 50.1 Å². The molecule has 1 unspecified atom stereocenters. The number of aryl methyl sites for hydroxylation is 1. The van der Waals surface area contributed by atoms with Crippen molar-refractivity contribution in [1.82, 2.24) is 29.8 Å². The van der Waals surface area contributed by atoms with Crippen molar-refractivity contribution < 1.29 is 0 Å². The molecule has 0 radical (unpaired) electrons. The normalized spacial score (nSPS) is 17.1. The maximum Gasteiger partial charge on any atom is 0.194 e. The van der Waals surface area contributed by atoms with Crippen LogP contribution in [0.25, 0.3) is 5.69 Å². The Morgan fingerprint density at radius 3 is 2.93 bits per heavy atom. The highest BCUT2D eigenvalue weighted by Gasteiger charge is 2.25. The molecule has 1 aliphatic rings. The first-order valence-electron chi connectivity index (χ1n) is 10.3. The number of likely N-dealkylation sites (tertiary alicyclic amines) is 1. The van der Waals surface area contributed by atoms with Gasteiger partial charge in [-0.05, 0) is 55.0 Å². The van der Waals surface area contributed by atoms with E-state index in [9.17, 15) is 0 Å². The van der Waals surface area contributed by atoms with Gasteiger partial charge in [-0.1, -0.05) is 12.1 Å². The number of guanidine groups is 1. The maximum atomic E-state index is 4.92. The first-order chi connectivity index (χ1) is 14.2. The molecular weight excluding hydrogens is 362 g/mol. The van der Waals surface area contributed by atoms with Gasteiger partial charge in [0, 0.05) is 45.3 Å². The molecule has 0 spiro atoms. The summed E-state index contributed by atoms with van der Waals surface area (Å²) < 4.78 is 3.76. The van der Waals surface area contributed by atoms with Crippen molar-refractivity contribution in [1.29, 1.82) is 0 Å². The van der Waals surface area contributed by atoms with E-state index in [0.717, 1.165) is 37.7 Å². The van der Waals surface area contributed by atoms with Gasteiger partial charge in [-0.3, -0.25) is 4.68 Å². The lowest BCUT2D eigenvalue weighted by Gasteiger charge is -2.21. The lowest BCUT2D eigenvalue weighted by Crippen LogP contribution is -2.40. The van der Waals surface area contributed by atoms with Gasteiger partial charge >= 0.3 is 0 Å². The molecule has 3 heterocycles. The second kappa shape index (κ2) is 8.94. The van der Waals surface area contributed by atoms with Crippen LogP contribution in [0.3, 0.4) is 0 Å². The molecule has 3 aromatic rings. The van der Waals surface area contributed by atoms with Crippen LogP contribution in [0, 0.1) is 5.92 Å². The molecule has 4 rings (SSSR count). The minimum absolute atomic E-state index is 0.645. The summed E-state index contributed by atoms with van der Waals surface area (Å²) in [7, 11) is 1.97. The van der Waals surface area contributed by atoms with Crippen LogP contribution in [0.4, 0.5) is 0 Å². The summed E-state index contributed by atoms with van der Waals surface area (Å²) in [5.74, 6) is 1.65. The number of hydrogen-bond acceptors (Lipinski definition) is 3. The molecule has 1 aromatic carbocycles. The van der Waals surface area contributed by atoms with Crippen LogP contribution in [0.5, 0.6) is 0 Å². The van der Waals surface area contributed by atoms with Crippen LogP contribution in [-0.2, 0) is 20.0 Å². The van der Waals surface area contributed by atoms with Gasteiger partial charge in [0.05, 0.1) is 18.4 Å². The zero-order valence-corrected chi connectivity index (χ0v) is 17.2. The molecule has 2 aromatic heterocycles. The Kier molecular flexibility index (Phi) is 5.93. The third-order valence-corrected chi connectivity index (χ3v) is 5.29. The number of nitrogens with one attached hydrogen (secondary N) is 1. The minimum atomic E-state index is 0.645. The molecule has 1 aliphatic heterocycles. The lowest BCUT2D eigenvalue weighted by atomic mass is 10.0. The predicted octanol–water partition coefficient (Wildman–Crippen LogP) is 2.64. The monoisotopic (exact) mass is 391 g/mol. The number of rotatable bonds is 6. The van der Waals surface area contributed by atoms with Crippen molar-refractivity contribution in [2.45, 2.75) is 26.3 Å². The molecule has 0 amide bonds.